The van der Waals surface area contributed by atoms with E-state index in [1.54, 1.807) is 50.5 Å². The molecule has 0 saturated carbocycles. The largest absolute Gasteiger partial charge is 0.355 e. The normalized spacial score (nSPS) is 11.7. The molecule has 0 aliphatic carbocycles. The Kier molecular flexibility index (Phi) is 6.50. The van der Waals surface area contributed by atoms with Crippen LogP contribution in [0.15, 0.2) is 42.5 Å². The van der Waals surface area contributed by atoms with Crippen LogP contribution in [0.4, 0.5) is 10.1 Å². The number of benzene rings is 2. The smallest absolute Gasteiger partial charge is 0.279 e. The van der Waals surface area contributed by atoms with Crippen molar-refractivity contribution in [3.05, 3.63) is 64.4 Å². The number of nitrogens with one attached hydrogen (secondary N) is 3. The van der Waals surface area contributed by atoms with Gasteiger partial charge in [0.15, 0.2) is 6.54 Å². The molecule has 3 N–H and O–H groups in total. The molecule has 2 aromatic carbocycles. The van der Waals surface area contributed by atoms with Crippen molar-refractivity contribution in [1.29, 1.82) is 0 Å². The first-order valence-electron chi connectivity index (χ1n) is 7.77. The van der Waals surface area contributed by atoms with Crippen LogP contribution in [0.2, 0.25) is 5.02 Å². The summed E-state index contributed by atoms with van der Waals surface area (Å²) in [7, 11) is 3.32. The van der Waals surface area contributed by atoms with Crippen LogP contribution in [0.25, 0.3) is 0 Å². The SMILES string of the molecule is CNC(=O)c1cccc(NC(=O)C[NH+](C)Cc2c(F)cccc2Cl)c1. The second kappa shape index (κ2) is 8.60. The van der Waals surface area contributed by atoms with Gasteiger partial charge in [0.1, 0.15) is 12.4 Å². The highest BCUT2D eigenvalue weighted by Crippen LogP contribution is 2.17. The molecule has 2 rings (SSSR count). The lowest BCUT2D eigenvalue weighted by molar-refractivity contribution is -0.885. The van der Waals surface area contributed by atoms with E-state index in [0.717, 1.165) is 4.90 Å². The van der Waals surface area contributed by atoms with Crippen LogP contribution < -0.4 is 15.5 Å². The van der Waals surface area contributed by atoms with Crippen LogP contribution in [-0.4, -0.2) is 32.5 Å². The number of carbonyl (C=O) groups is 2. The summed E-state index contributed by atoms with van der Waals surface area (Å²) in [5.74, 6) is -0.849. The van der Waals surface area contributed by atoms with E-state index in [-0.39, 0.29) is 30.7 Å². The minimum Gasteiger partial charge on any atom is -0.355 e. The molecule has 0 aliphatic rings. The molecule has 0 radical (unpaired) electrons. The van der Waals surface area contributed by atoms with Crippen molar-refractivity contribution in [3.63, 3.8) is 0 Å². The number of likely N-dealkylation sites (N-methyl/N-ethyl adjacent to an activating group) is 1. The van der Waals surface area contributed by atoms with Gasteiger partial charge in [-0.3, -0.25) is 9.59 Å². The molecule has 5 nitrogen and oxygen atoms in total. The number of hydrogen-bond acceptors (Lipinski definition) is 2. The molecular weight excluding hydrogens is 345 g/mol. The van der Waals surface area contributed by atoms with Crippen molar-refractivity contribution in [3.8, 4) is 0 Å². The van der Waals surface area contributed by atoms with E-state index in [4.69, 9.17) is 11.6 Å². The molecule has 25 heavy (non-hydrogen) atoms. The minimum absolute atomic E-state index is 0.134. The molecule has 1 unspecified atom stereocenters. The number of rotatable bonds is 6. The maximum absolute atomic E-state index is 13.8. The third-order valence-electron chi connectivity index (χ3n) is 3.64. The summed E-state index contributed by atoms with van der Waals surface area (Å²) in [6, 6.07) is 11.2. The Bertz CT molecular complexity index is 762. The van der Waals surface area contributed by atoms with Crippen LogP contribution in [0.3, 0.4) is 0 Å². The summed E-state index contributed by atoms with van der Waals surface area (Å²) in [4.78, 5) is 24.6. The fourth-order valence-corrected chi connectivity index (χ4v) is 2.66. The summed E-state index contributed by atoms with van der Waals surface area (Å²) in [6.07, 6.45) is 0. The summed E-state index contributed by atoms with van der Waals surface area (Å²) in [5, 5.41) is 5.61. The van der Waals surface area contributed by atoms with E-state index < -0.39 is 0 Å². The second-order valence-corrected chi connectivity index (χ2v) is 6.13. The van der Waals surface area contributed by atoms with Gasteiger partial charge in [0, 0.05) is 18.3 Å². The van der Waals surface area contributed by atoms with Gasteiger partial charge < -0.3 is 15.5 Å². The van der Waals surface area contributed by atoms with Gasteiger partial charge >= 0.3 is 0 Å². The Morgan fingerprint density at radius 3 is 2.60 bits per heavy atom. The average Bonchev–Trinajstić information content (AvgIpc) is 2.57. The van der Waals surface area contributed by atoms with Gasteiger partial charge in [-0.2, -0.15) is 0 Å². The number of anilines is 1. The molecule has 0 aliphatic heterocycles. The highest BCUT2D eigenvalue weighted by Gasteiger charge is 2.16. The van der Waals surface area contributed by atoms with Crippen LogP contribution in [0.5, 0.6) is 0 Å². The van der Waals surface area contributed by atoms with Crippen LogP contribution in [-0.2, 0) is 11.3 Å². The molecule has 2 aromatic rings. The molecule has 0 aromatic heterocycles. The van der Waals surface area contributed by atoms with E-state index in [9.17, 15) is 14.0 Å². The number of amides is 2. The molecule has 0 heterocycles. The van der Waals surface area contributed by atoms with Gasteiger partial charge in [-0.05, 0) is 30.3 Å². The maximum Gasteiger partial charge on any atom is 0.279 e. The first-order chi connectivity index (χ1) is 11.9. The van der Waals surface area contributed by atoms with Gasteiger partial charge in [-0.1, -0.05) is 23.7 Å². The topological polar surface area (TPSA) is 62.6 Å². The quantitative estimate of drug-likeness (QED) is 0.727. The van der Waals surface area contributed by atoms with Crippen molar-refractivity contribution in [1.82, 2.24) is 5.32 Å². The van der Waals surface area contributed by atoms with Gasteiger partial charge in [-0.15, -0.1) is 0 Å². The summed E-state index contributed by atoms with van der Waals surface area (Å²) in [6.45, 7) is 0.423. The van der Waals surface area contributed by atoms with E-state index in [2.05, 4.69) is 10.6 Å². The Morgan fingerprint density at radius 2 is 1.92 bits per heavy atom. The number of quaternary nitrogens is 1. The molecule has 7 heteroatoms. The zero-order chi connectivity index (χ0) is 18.4. The van der Waals surface area contributed by atoms with Crippen LogP contribution in [0.1, 0.15) is 15.9 Å². The first-order valence-corrected chi connectivity index (χ1v) is 8.14. The number of carbonyl (C=O) groups excluding carboxylic acids is 2. The van der Waals surface area contributed by atoms with Crippen molar-refractivity contribution < 1.29 is 18.9 Å². The van der Waals surface area contributed by atoms with Crippen molar-refractivity contribution in [2.24, 2.45) is 0 Å². The Hall–Kier alpha value is -2.44. The highest BCUT2D eigenvalue weighted by molar-refractivity contribution is 6.31. The zero-order valence-corrected chi connectivity index (χ0v) is 14.8. The fourth-order valence-electron chi connectivity index (χ4n) is 2.43. The molecular formula is C18H20ClFN3O2+. The van der Waals surface area contributed by atoms with Crippen LogP contribution in [0, 0.1) is 5.82 Å². The van der Waals surface area contributed by atoms with Gasteiger partial charge in [0.05, 0.1) is 17.6 Å². The van der Waals surface area contributed by atoms with E-state index in [1.165, 1.54) is 6.07 Å². The fraction of sp³-hybridized carbons (Fsp3) is 0.222. The zero-order valence-electron chi connectivity index (χ0n) is 14.0. The molecule has 132 valence electrons. The van der Waals surface area contributed by atoms with Gasteiger partial charge in [0.25, 0.3) is 11.8 Å². The lowest BCUT2D eigenvalue weighted by Gasteiger charge is -2.15. The lowest BCUT2D eigenvalue weighted by atomic mass is 10.2. The van der Waals surface area contributed by atoms with Crippen molar-refractivity contribution >= 4 is 29.1 Å². The molecule has 2 amide bonds. The number of hydrogen-bond donors (Lipinski definition) is 3. The third-order valence-corrected chi connectivity index (χ3v) is 3.99. The molecule has 1 atom stereocenters. The maximum atomic E-state index is 13.8. The molecule has 0 saturated heterocycles. The minimum atomic E-state index is -0.384. The van der Waals surface area contributed by atoms with E-state index >= 15 is 0 Å². The molecule has 0 bridgehead atoms. The highest BCUT2D eigenvalue weighted by atomic mass is 35.5. The predicted octanol–water partition coefficient (Wildman–Crippen LogP) is 1.49. The van der Waals surface area contributed by atoms with Gasteiger partial charge in [0.2, 0.25) is 0 Å². The number of halogens is 2. The first kappa shape index (κ1) is 18.9. The Balaban J connectivity index is 1.97. The van der Waals surface area contributed by atoms with Crippen molar-refractivity contribution in [2.45, 2.75) is 6.54 Å². The average molecular weight is 365 g/mol. The summed E-state index contributed by atoms with van der Waals surface area (Å²) in [5.41, 5.74) is 1.37. The molecule has 0 spiro atoms. The standard InChI is InChI=1S/C18H19ClFN3O2/c1-21-18(25)12-5-3-6-13(9-12)22-17(24)11-23(2)10-14-15(19)7-4-8-16(14)20/h3-9H,10-11H2,1-2H3,(H,21,25)(H,22,24)/p+1. The summed E-state index contributed by atoms with van der Waals surface area (Å²) >= 11 is 6.01. The second-order valence-electron chi connectivity index (χ2n) is 5.72. The van der Waals surface area contributed by atoms with Gasteiger partial charge in [-0.25, -0.2) is 4.39 Å². The van der Waals surface area contributed by atoms with Crippen molar-refractivity contribution in [2.75, 3.05) is 26.0 Å². The van der Waals surface area contributed by atoms with E-state index in [0.29, 0.717) is 21.8 Å². The Morgan fingerprint density at radius 1 is 1.20 bits per heavy atom. The third kappa shape index (κ3) is 5.27. The van der Waals surface area contributed by atoms with E-state index in [1.807, 2.05) is 0 Å². The van der Waals surface area contributed by atoms with Crippen LogP contribution >= 0.6 is 11.6 Å². The summed E-state index contributed by atoms with van der Waals surface area (Å²) < 4.78 is 13.8. The Labute approximate surface area is 150 Å². The monoisotopic (exact) mass is 364 g/mol. The molecule has 0 fully saturated rings. The lowest BCUT2D eigenvalue weighted by Crippen LogP contribution is -3.08. The predicted molar refractivity (Wildman–Crippen MR) is 95.3 cm³/mol.